The van der Waals surface area contributed by atoms with Crippen LogP contribution in [0.4, 0.5) is 10.1 Å². The number of para-hydroxylation sites is 1. The number of rotatable bonds is 10. The van der Waals surface area contributed by atoms with E-state index in [0.29, 0.717) is 12.2 Å². The van der Waals surface area contributed by atoms with E-state index >= 15 is 0 Å². The summed E-state index contributed by atoms with van der Waals surface area (Å²) in [5.74, 6) is -0.311. The van der Waals surface area contributed by atoms with Crippen LogP contribution in [0, 0.1) is 11.7 Å². The van der Waals surface area contributed by atoms with Gasteiger partial charge in [-0.1, -0.05) is 56.3 Å². The first-order chi connectivity index (χ1) is 16.2. The number of hydrogen-bond donors (Lipinski definition) is 1. The number of hydrogen-bond acceptors (Lipinski definition) is 4. The normalized spacial score (nSPS) is 12.3. The van der Waals surface area contributed by atoms with Crippen LogP contribution in [0.5, 0.6) is 5.75 Å². The standard InChI is InChI=1S/C26H29FN2O4S/c1-19(2)17-24(20-13-15-21(33-3)16-14-20)28-26(30)18-29(25-12-8-7-11-23(25)27)34(31,32)22-9-5-4-6-10-22/h4-16,19,24H,17-18H2,1-3H3,(H,28,30)/t24-/m1/s1. The van der Waals surface area contributed by atoms with E-state index in [9.17, 15) is 17.6 Å². The van der Waals surface area contributed by atoms with E-state index in [1.54, 1.807) is 37.4 Å². The number of halogens is 1. The summed E-state index contributed by atoms with van der Waals surface area (Å²) in [5, 5.41) is 2.94. The molecule has 180 valence electrons. The highest BCUT2D eigenvalue weighted by Gasteiger charge is 2.30. The van der Waals surface area contributed by atoms with Crippen LogP contribution in [0.2, 0.25) is 0 Å². The first kappa shape index (κ1) is 25.2. The summed E-state index contributed by atoms with van der Waals surface area (Å²) >= 11 is 0. The fraction of sp³-hybridized carbons (Fsp3) is 0.269. The Hall–Kier alpha value is -3.39. The topological polar surface area (TPSA) is 75.7 Å². The molecular weight excluding hydrogens is 455 g/mol. The van der Waals surface area contributed by atoms with E-state index in [-0.39, 0.29) is 22.5 Å². The number of sulfonamides is 1. The number of nitrogens with one attached hydrogen (secondary N) is 1. The third kappa shape index (κ3) is 6.14. The molecule has 34 heavy (non-hydrogen) atoms. The van der Waals surface area contributed by atoms with Crippen molar-refractivity contribution in [3.05, 3.63) is 90.2 Å². The second kappa shape index (κ2) is 11.2. The lowest BCUT2D eigenvalue weighted by molar-refractivity contribution is -0.120. The predicted molar refractivity (Wildman–Crippen MR) is 131 cm³/mol. The van der Waals surface area contributed by atoms with Gasteiger partial charge in [0, 0.05) is 0 Å². The van der Waals surface area contributed by atoms with Gasteiger partial charge in [-0.15, -0.1) is 0 Å². The Bertz CT molecular complexity index is 1200. The lowest BCUT2D eigenvalue weighted by Crippen LogP contribution is -2.42. The van der Waals surface area contributed by atoms with Crippen molar-refractivity contribution >= 4 is 21.6 Å². The number of carbonyl (C=O) groups excluding carboxylic acids is 1. The molecule has 0 radical (unpaired) electrons. The van der Waals surface area contributed by atoms with Gasteiger partial charge in [-0.2, -0.15) is 0 Å². The van der Waals surface area contributed by atoms with Gasteiger partial charge in [-0.3, -0.25) is 9.10 Å². The summed E-state index contributed by atoms with van der Waals surface area (Å²) in [6, 6.07) is 20.2. The number of benzene rings is 3. The zero-order valence-corrected chi connectivity index (χ0v) is 20.3. The highest BCUT2D eigenvalue weighted by molar-refractivity contribution is 7.92. The molecule has 0 heterocycles. The lowest BCUT2D eigenvalue weighted by atomic mass is 9.97. The van der Waals surface area contributed by atoms with Gasteiger partial charge in [0.05, 0.1) is 23.7 Å². The van der Waals surface area contributed by atoms with E-state index < -0.39 is 28.3 Å². The maximum absolute atomic E-state index is 14.7. The molecule has 0 unspecified atom stereocenters. The molecule has 0 bridgehead atoms. The highest BCUT2D eigenvalue weighted by atomic mass is 32.2. The second-order valence-electron chi connectivity index (χ2n) is 8.30. The molecule has 0 aliphatic rings. The Morgan fingerprint density at radius 2 is 1.59 bits per heavy atom. The van der Waals surface area contributed by atoms with Gasteiger partial charge in [0.15, 0.2) is 0 Å². The fourth-order valence-corrected chi connectivity index (χ4v) is 5.08. The van der Waals surface area contributed by atoms with Gasteiger partial charge in [0.2, 0.25) is 5.91 Å². The van der Waals surface area contributed by atoms with Crippen molar-refractivity contribution in [1.82, 2.24) is 5.32 Å². The van der Waals surface area contributed by atoms with Gasteiger partial charge in [0.1, 0.15) is 18.1 Å². The molecular formula is C26H29FN2O4S. The molecule has 0 saturated heterocycles. The summed E-state index contributed by atoms with van der Waals surface area (Å²) < 4.78 is 47.5. The fourth-order valence-electron chi connectivity index (χ4n) is 3.63. The minimum Gasteiger partial charge on any atom is -0.497 e. The Balaban J connectivity index is 1.91. The second-order valence-corrected chi connectivity index (χ2v) is 10.2. The summed E-state index contributed by atoms with van der Waals surface area (Å²) in [5.41, 5.74) is 0.678. The molecule has 1 atom stereocenters. The van der Waals surface area contributed by atoms with E-state index in [2.05, 4.69) is 5.32 Å². The molecule has 6 nitrogen and oxygen atoms in total. The summed E-state index contributed by atoms with van der Waals surface area (Å²) in [4.78, 5) is 13.1. The van der Waals surface area contributed by atoms with Gasteiger partial charge in [-0.25, -0.2) is 12.8 Å². The van der Waals surface area contributed by atoms with Gasteiger partial charge >= 0.3 is 0 Å². The van der Waals surface area contributed by atoms with Crippen molar-refractivity contribution in [1.29, 1.82) is 0 Å². The number of carbonyl (C=O) groups is 1. The third-order valence-corrected chi connectivity index (χ3v) is 7.07. The van der Waals surface area contributed by atoms with E-state index in [1.165, 1.54) is 36.4 Å². The van der Waals surface area contributed by atoms with Crippen LogP contribution in [0.1, 0.15) is 31.9 Å². The molecule has 0 spiro atoms. The van der Waals surface area contributed by atoms with Crippen molar-refractivity contribution in [2.24, 2.45) is 5.92 Å². The molecule has 0 saturated carbocycles. The minimum absolute atomic E-state index is 0.0278. The van der Waals surface area contributed by atoms with E-state index in [0.717, 1.165) is 9.87 Å². The number of nitrogens with zero attached hydrogens (tertiary/aromatic N) is 1. The molecule has 8 heteroatoms. The van der Waals surface area contributed by atoms with Crippen LogP contribution in [0.15, 0.2) is 83.8 Å². The van der Waals surface area contributed by atoms with Gasteiger partial charge in [-0.05, 0) is 54.3 Å². The highest BCUT2D eigenvalue weighted by Crippen LogP contribution is 2.27. The maximum Gasteiger partial charge on any atom is 0.264 e. The van der Waals surface area contributed by atoms with Crippen LogP contribution in [0.3, 0.4) is 0 Å². The number of ether oxygens (including phenoxy) is 1. The molecule has 0 aliphatic carbocycles. The van der Waals surface area contributed by atoms with Gasteiger partial charge < -0.3 is 10.1 Å². The first-order valence-electron chi connectivity index (χ1n) is 11.0. The largest absolute Gasteiger partial charge is 0.497 e. The Labute approximate surface area is 200 Å². The average Bonchev–Trinajstić information content (AvgIpc) is 2.83. The summed E-state index contributed by atoms with van der Waals surface area (Å²) in [6.07, 6.45) is 0.642. The molecule has 0 fully saturated rings. The van der Waals surface area contributed by atoms with E-state index in [1.807, 2.05) is 26.0 Å². The summed E-state index contributed by atoms with van der Waals surface area (Å²) in [7, 11) is -2.61. The number of anilines is 1. The van der Waals surface area contributed by atoms with E-state index in [4.69, 9.17) is 4.74 Å². The molecule has 3 rings (SSSR count). The maximum atomic E-state index is 14.7. The van der Waals surface area contributed by atoms with Crippen molar-refractivity contribution in [3.8, 4) is 5.75 Å². The Morgan fingerprint density at radius 1 is 0.971 bits per heavy atom. The monoisotopic (exact) mass is 484 g/mol. The zero-order valence-electron chi connectivity index (χ0n) is 19.4. The third-order valence-electron chi connectivity index (χ3n) is 5.30. The zero-order chi connectivity index (χ0) is 24.7. The molecule has 3 aromatic carbocycles. The lowest BCUT2D eigenvalue weighted by Gasteiger charge is -2.27. The van der Waals surface area contributed by atoms with Crippen LogP contribution in [0.25, 0.3) is 0 Å². The quantitative estimate of drug-likeness (QED) is 0.443. The Kier molecular flexibility index (Phi) is 8.28. The predicted octanol–water partition coefficient (Wildman–Crippen LogP) is 4.93. The van der Waals surface area contributed by atoms with Crippen LogP contribution in [-0.4, -0.2) is 28.0 Å². The SMILES string of the molecule is COc1ccc([C@@H](CC(C)C)NC(=O)CN(c2ccccc2F)S(=O)(=O)c2ccccc2)cc1. The van der Waals surface area contributed by atoms with Crippen molar-refractivity contribution in [3.63, 3.8) is 0 Å². The Morgan fingerprint density at radius 3 is 2.18 bits per heavy atom. The van der Waals surface area contributed by atoms with Gasteiger partial charge in [0.25, 0.3) is 10.0 Å². The van der Waals surface area contributed by atoms with Crippen molar-refractivity contribution in [2.45, 2.75) is 31.2 Å². The molecule has 3 aromatic rings. The molecule has 0 aliphatic heterocycles. The number of amides is 1. The average molecular weight is 485 g/mol. The van der Waals surface area contributed by atoms with Crippen molar-refractivity contribution < 1.29 is 22.3 Å². The van der Waals surface area contributed by atoms with Crippen LogP contribution < -0.4 is 14.4 Å². The minimum atomic E-state index is -4.19. The molecule has 1 amide bonds. The van der Waals surface area contributed by atoms with Crippen LogP contribution >= 0.6 is 0 Å². The smallest absolute Gasteiger partial charge is 0.264 e. The number of methoxy groups -OCH3 is 1. The summed E-state index contributed by atoms with van der Waals surface area (Å²) in [6.45, 7) is 3.51. The van der Waals surface area contributed by atoms with Crippen molar-refractivity contribution in [2.75, 3.05) is 18.0 Å². The first-order valence-corrected chi connectivity index (χ1v) is 12.4. The molecule has 0 aromatic heterocycles. The van der Waals surface area contributed by atoms with Crippen LogP contribution in [-0.2, 0) is 14.8 Å². The molecule has 1 N–H and O–H groups in total.